The fourth-order valence-electron chi connectivity index (χ4n) is 2.11. The summed E-state index contributed by atoms with van der Waals surface area (Å²) in [5.41, 5.74) is 2.13. The molecular formula is C17H17Li. The number of benzene rings is 2. The SMILES string of the molecule is [CH2-]C(/C=C/C)(c1ccccc1)c1ccccc1.[Li+]. The van der Waals surface area contributed by atoms with Crippen LogP contribution in [0.2, 0.25) is 0 Å². The molecule has 0 atom stereocenters. The molecule has 2 aromatic carbocycles. The van der Waals surface area contributed by atoms with Crippen LogP contribution in [0.1, 0.15) is 18.1 Å². The summed E-state index contributed by atoms with van der Waals surface area (Å²) in [6.45, 7) is 6.45. The average molecular weight is 228 g/mol. The maximum Gasteiger partial charge on any atom is 1.00 e. The second-order valence-corrected chi connectivity index (χ2v) is 4.20. The van der Waals surface area contributed by atoms with Crippen LogP contribution in [0.5, 0.6) is 0 Å². The topological polar surface area (TPSA) is 0 Å². The van der Waals surface area contributed by atoms with Gasteiger partial charge in [0.1, 0.15) is 0 Å². The van der Waals surface area contributed by atoms with Crippen molar-refractivity contribution in [2.24, 2.45) is 0 Å². The Morgan fingerprint density at radius 3 is 1.56 bits per heavy atom. The first-order chi connectivity index (χ1) is 8.27. The van der Waals surface area contributed by atoms with Crippen LogP contribution in [0.25, 0.3) is 0 Å². The van der Waals surface area contributed by atoms with Crippen LogP contribution in [0.3, 0.4) is 0 Å². The molecule has 0 fully saturated rings. The van der Waals surface area contributed by atoms with E-state index in [2.05, 4.69) is 67.6 Å². The van der Waals surface area contributed by atoms with Crippen molar-refractivity contribution >= 4 is 0 Å². The van der Waals surface area contributed by atoms with Gasteiger partial charge in [-0.3, -0.25) is 0 Å². The Morgan fingerprint density at radius 1 is 0.833 bits per heavy atom. The van der Waals surface area contributed by atoms with E-state index in [0.717, 1.165) is 0 Å². The Hall–Kier alpha value is -1.22. The van der Waals surface area contributed by atoms with Crippen molar-refractivity contribution in [3.05, 3.63) is 90.9 Å². The molecule has 0 N–H and O–H groups in total. The number of rotatable bonds is 3. The first-order valence-corrected chi connectivity index (χ1v) is 5.87. The van der Waals surface area contributed by atoms with E-state index in [9.17, 15) is 0 Å². The van der Waals surface area contributed by atoms with Gasteiger partial charge in [-0.15, -0.1) is 6.08 Å². The summed E-state index contributed by atoms with van der Waals surface area (Å²) in [5, 5.41) is 0. The van der Waals surface area contributed by atoms with E-state index >= 15 is 0 Å². The van der Waals surface area contributed by atoms with E-state index in [1.165, 1.54) is 11.1 Å². The zero-order valence-electron chi connectivity index (χ0n) is 11.1. The Bertz CT molecular complexity index is 446. The molecule has 86 valence electrons. The molecule has 2 aromatic rings. The van der Waals surface area contributed by atoms with E-state index in [1.54, 1.807) is 0 Å². The Kier molecular flexibility index (Phi) is 5.47. The van der Waals surface area contributed by atoms with Crippen LogP contribution >= 0.6 is 0 Å². The zero-order valence-corrected chi connectivity index (χ0v) is 11.1. The van der Waals surface area contributed by atoms with Gasteiger partial charge in [0.15, 0.2) is 0 Å². The molecule has 0 bridgehead atoms. The minimum atomic E-state index is -0.294. The van der Waals surface area contributed by atoms with E-state index in [1.807, 2.05) is 19.1 Å². The molecule has 0 aliphatic rings. The second kappa shape index (κ2) is 6.64. The third-order valence-electron chi connectivity index (χ3n) is 3.03. The maximum atomic E-state index is 4.41. The molecule has 0 nitrogen and oxygen atoms in total. The minimum absolute atomic E-state index is 0. The Balaban J connectivity index is 0.00000162. The van der Waals surface area contributed by atoms with Gasteiger partial charge < -0.3 is 6.92 Å². The van der Waals surface area contributed by atoms with Crippen LogP contribution in [0.4, 0.5) is 0 Å². The molecule has 0 aliphatic carbocycles. The summed E-state index contributed by atoms with van der Waals surface area (Å²) in [6.07, 6.45) is 4.21. The summed E-state index contributed by atoms with van der Waals surface area (Å²) in [6, 6.07) is 20.8. The number of allylic oxidation sites excluding steroid dienone is 2. The van der Waals surface area contributed by atoms with E-state index in [0.29, 0.717) is 0 Å². The molecule has 0 aromatic heterocycles. The molecule has 0 heterocycles. The van der Waals surface area contributed by atoms with Crippen LogP contribution in [-0.4, -0.2) is 0 Å². The van der Waals surface area contributed by atoms with Gasteiger partial charge >= 0.3 is 18.9 Å². The van der Waals surface area contributed by atoms with Gasteiger partial charge in [0.2, 0.25) is 0 Å². The van der Waals surface area contributed by atoms with Gasteiger partial charge in [0, 0.05) is 0 Å². The molecule has 0 radical (unpaired) electrons. The van der Waals surface area contributed by atoms with Crippen molar-refractivity contribution in [1.29, 1.82) is 0 Å². The van der Waals surface area contributed by atoms with Crippen LogP contribution in [0, 0.1) is 6.92 Å². The molecule has 0 spiro atoms. The van der Waals surface area contributed by atoms with Gasteiger partial charge in [-0.1, -0.05) is 83.3 Å². The fourth-order valence-corrected chi connectivity index (χ4v) is 2.11. The largest absolute Gasteiger partial charge is 1.00 e. The quantitative estimate of drug-likeness (QED) is 0.423. The third-order valence-corrected chi connectivity index (χ3v) is 3.03. The standard InChI is InChI=1S/C17H17.Li/c1-3-14-17(2,15-10-6-4-7-11-15)16-12-8-5-9-13-16;/h3-14H,2H2,1H3;/q-1;+1/b14-3+;. The summed E-state index contributed by atoms with van der Waals surface area (Å²) >= 11 is 0. The van der Waals surface area contributed by atoms with Gasteiger partial charge in [-0.25, -0.2) is 0 Å². The third kappa shape index (κ3) is 2.96. The first-order valence-electron chi connectivity index (χ1n) is 5.87. The number of hydrogen-bond acceptors (Lipinski definition) is 0. The summed E-state index contributed by atoms with van der Waals surface area (Å²) in [4.78, 5) is 0. The molecule has 0 aliphatic heterocycles. The first kappa shape index (κ1) is 14.8. The van der Waals surface area contributed by atoms with Crippen molar-refractivity contribution in [1.82, 2.24) is 0 Å². The van der Waals surface area contributed by atoms with E-state index in [-0.39, 0.29) is 24.3 Å². The average Bonchev–Trinajstić information content (AvgIpc) is 2.41. The molecule has 0 saturated carbocycles. The monoisotopic (exact) mass is 228 g/mol. The fraction of sp³-hybridized carbons (Fsp3) is 0.118. The van der Waals surface area contributed by atoms with Crippen LogP contribution in [0.15, 0.2) is 72.8 Å². The van der Waals surface area contributed by atoms with Gasteiger partial charge in [0.05, 0.1) is 0 Å². The molecule has 18 heavy (non-hydrogen) atoms. The van der Waals surface area contributed by atoms with Crippen LogP contribution in [-0.2, 0) is 5.41 Å². The van der Waals surface area contributed by atoms with E-state index < -0.39 is 0 Å². The van der Waals surface area contributed by atoms with Crippen molar-refractivity contribution in [2.45, 2.75) is 12.3 Å². The Labute approximate surface area is 122 Å². The summed E-state index contributed by atoms with van der Waals surface area (Å²) < 4.78 is 0. The minimum Gasteiger partial charge on any atom is -0.325 e. The Morgan fingerprint density at radius 2 is 1.22 bits per heavy atom. The molecule has 1 heteroatoms. The van der Waals surface area contributed by atoms with Crippen molar-refractivity contribution in [3.63, 3.8) is 0 Å². The summed E-state index contributed by atoms with van der Waals surface area (Å²) in [7, 11) is 0. The molecular weight excluding hydrogens is 211 g/mol. The second-order valence-electron chi connectivity index (χ2n) is 4.20. The predicted octanol–water partition coefficient (Wildman–Crippen LogP) is 1.39. The van der Waals surface area contributed by atoms with Gasteiger partial charge in [0.25, 0.3) is 0 Å². The molecule has 0 unspecified atom stereocenters. The van der Waals surface area contributed by atoms with Gasteiger partial charge in [-0.05, 0) is 6.92 Å². The van der Waals surface area contributed by atoms with Crippen molar-refractivity contribution in [3.8, 4) is 0 Å². The van der Waals surface area contributed by atoms with Crippen molar-refractivity contribution < 1.29 is 18.9 Å². The zero-order chi connectivity index (χ0) is 12.1. The molecule has 0 saturated heterocycles. The van der Waals surface area contributed by atoms with Gasteiger partial charge in [-0.2, -0.15) is 0 Å². The van der Waals surface area contributed by atoms with E-state index in [4.69, 9.17) is 0 Å². The molecule has 0 amide bonds. The van der Waals surface area contributed by atoms with Crippen molar-refractivity contribution in [2.75, 3.05) is 0 Å². The van der Waals surface area contributed by atoms with Crippen LogP contribution < -0.4 is 18.9 Å². The number of hydrogen-bond donors (Lipinski definition) is 0. The summed E-state index contributed by atoms with van der Waals surface area (Å²) in [5.74, 6) is 0. The maximum absolute atomic E-state index is 4.41. The normalized spacial score (nSPS) is 11.2. The molecule has 2 rings (SSSR count). The smallest absolute Gasteiger partial charge is 0.325 e. The predicted molar refractivity (Wildman–Crippen MR) is 73.8 cm³/mol.